The van der Waals surface area contributed by atoms with Crippen LogP contribution in [0.4, 0.5) is 0 Å². The second-order valence-corrected chi connectivity index (χ2v) is 5.32. The molecule has 1 aliphatic carbocycles. The molecule has 3 nitrogen and oxygen atoms in total. The lowest BCUT2D eigenvalue weighted by Gasteiger charge is -2.24. The van der Waals surface area contributed by atoms with Crippen LogP contribution in [0, 0.1) is 0 Å². The lowest BCUT2D eigenvalue weighted by Crippen LogP contribution is -2.14. The fraction of sp³-hybridized carbons (Fsp3) is 0.357. The fourth-order valence-electron chi connectivity index (χ4n) is 2.68. The van der Waals surface area contributed by atoms with E-state index >= 15 is 0 Å². The molecule has 1 atom stereocenters. The molecule has 0 fully saturated rings. The van der Waals surface area contributed by atoms with Gasteiger partial charge in [0.05, 0.1) is 0 Å². The Labute approximate surface area is 110 Å². The number of hydrogen-bond donors (Lipinski definition) is 0. The molecule has 1 aromatic heterocycles. The lowest BCUT2D eigenvalue weighted by molar-refractivity contribution is 0.0966. The van der Waals surface area contributed by atoms with Gasteiger partial charge in [-0.15, -0.1) is 5.10 Å². The van der Waals surface area contributed by atoms with Crippen LogP contribution in [0.5, 0.6) is 0 Å². The summed E-state index contributed by atoms with van der Waals surface area (Å²) in [6.07, 6.45) is 3.96. The number of rotatable bonds is 3. The monoisotopic (exact) mass is 258 g/mol. The number of benzene rings is 1. The standard InChI is InChI=1S/C14H14N2OS/c17-14(13-9-18-16-15-13)8-11-6-3-5-10-4-1-2-7-12(10)11/h1-2,4,7,9,11H,3,5-6,8H2. The van der Waals surface area contributed by atoms with Crippen molar-refractivity contribution in [1.29, 1.82) is 0 Å². The zero-order chi connectivity index (χ0) is 12.4. The molecule has 1 heterocycles. The topological polar surface area (TPSA) is 42.9 Å². The highest BCUT2D eigenvalue weighted by Crippen LogP contribution is 2.34. The van der Waals surface area contributed by atoms with Gasteiger partial charge >= 0.3 is 0 Å². The molecule has 0 saturated heterocycles. The van der Waals surface area contributed by atoms with Crippen molar-refractivity contribution >= 4 is 17.3 Å². The van der Waals surface area contributed by atoms with Crippen molar-refractivity contribution in [3.63, 3.8) is 0 Å². The Morgan fingerprint density at radius 3 is 3.11 bits per heavy atom. The van der Waals surface area contributed by atoms with Gasteiger partial charge in [0, 0.05) is 11.8 Å². The minimum Gasteiger partial charge on any atom is -0.292 e. The molecule has 0 spiro atoms. The second-order valence-electron chi connectivity index (χ2n) is 4.71. The Kier molecular flexibility index (Phi) is 3.19. The van der Waals surface area contributed by atoms with E-state index < -0.39 is 0 Å². The number of hydrogen-bond acceptors (Lipinski definition) is 4. The van der Waals surface area contributed by atoms with Gasteiger partial charge in [0.15, 0.2) is 5.78 Å². The van der Waals surface area contributed by atoms with Gasteiger partial charge in [0.25, 0.3) is 0 Å². The molecule has 4 heteroatoms. The summed E-state index contributed by atoms with van der Waals surface area (Å²) >= 11 is 1.23. The van der Waals surface area contributed by atoms with Crippen LogP contribution in [-0.2, 0) is 6.42 Å². The van der Waals surface area contributed by atoms with Crippen LogP contribution >= 0.6 is 11.5 Å². The van der Waals surface area contributed by atoms with Crippen LogP contribution in [0.15, 0.2) is 29.6 Å². The highest BCUT2D eigenvalue weighted by molar-refractivity contribution is 7.03. The minimum absolute atomic E-state index is 0.116. The molecule has 1 aliphatic rings. The molecule has 0 N–H and O–H groups in total. The van der Waals surface area contributed by atoms with Gasteiger partial charge in [-0.3, -0.25) is 4.79 Å². The number of nitrogens with zero attached hydrogens (tertiary/aromatic N) is 2. The van der Waals surface area contributed by atoms with Gasteiger partial charge in [-0.1, -0.05) is 28.8 Å². The van der Waals surface area contributed by atoms with E-state index in [4.69, 9.17) is 0 Å². The van der Waals surface area contributed by atoms with E-state index in [1.54, 1.807) is 5.38 Å². The maximum atomic E-state index is 12.1. The number of ketones is 1. The van der Waals surface area contributed by atoms with Crippen LogP contribution in [0.3, 0.4) is 0 Å². The van der Waals surface area contributed by atoms with Gasteiger partial charge < -0.3 is 0 Å². The van der Waals surface area contributed by atoms with Crippen molar-refractivity contribution in [2.24, 2.45) is 0 Å². The molecule has 0 amide bonds. The third-order valence-electron chi connectivity index (χ3n) is 3.57. The van der Waals surface area contributed by atoms with E-state index in [2.05, 4.69) is 33.9 Å². The Hall–Kier alpha value is -1.55. The van der Waals surface area contributed by atoms with E-state index in [1.165, 1.54) is 29.1 Å². The highest BCUT2D eigenvalue weighted by Gasteiger charge is 2.23. The summed E-state index contributed by atoms with van der Waals surface area (Å²) in [5, 5.41) is 5.59. The summed E-state index contributed by atoms with van der Waals surface area (Å²) in [6, 6.07) is 8.47. The Morgan fingerprint density at radius 1 is 1.39 bits per heavy atom. The third kappa shape index (κ3) is 2.20. The van der Waals surface area contributed by atoms with Gasteiger partial charge in [-0.25, -0.2) is 0 Å². The van der Waals surface area contributed by atoms with Crippen LogP contribution in [0.1, 0.15) is 46.8 Å². The van der Waals surface area contributed by atoms with Crippen molar-refractivity contribution in [3.8, 4) is 0 Å². The first-order chi connectivity index (χ1) is 8.84. The van der Waals surface area contributed by atoms with Crippen LogP contribution in [0.25, 0.3) is 0 Å². The largest absolute Gasteiger partial charge is 0.292 e. The first kappa shape index (κ1) is 11.5. The quantitative estimate of drug-likeness (QED) is 0.794. The van der Waals surface area contributed by atoms with Gasteiger partial charge in [-0.2, -0.15) is 0 Å². The maximum Gasteiger partial charge on any atom is 0.184 e. The molecular formula is C14H14N2OS. The first-order valence-electron chi connectivity index (χ1n) is 6.22. The molecule has 3 rings (SSSR count). The normalized spacial score (nSPS) is 18.3. The Balaban J connectivity index is 1.80. The van der Waals surface area contributed by atoms with Crippen molar-refractivity contribution < 1.29 is 4.79 Å². The number of Topliss-reactive ketones (excluding diaryl/α,β-unsaturated/α-hetero) is 1. The number of carbonyl (C=O) groups excluding carboxylic acids is 1. The lowest BCUT2D eigenvalue weighted by atomic mass is 9.80. The highest BCUT2D eigenvalue weighted by atomic mass is 32.1. The summed E-state index contributed by atoms with van der Waals surface area (Å²) in [7, 11) is 0. The smallest absolute Gasteiger partial charge is 0.184 e. The van der Waals surface area contributed by atoms with Crippen LogP contribution < -0.4 is 0 Å². The predicted molar refractivity (Wildman–Crippen MR) is 71.0 cm³/mol. The van der Waals surface area contributed by atoms with E-state index in [0.717, 1.165) is 12.8 Å². The molecular weight excluding hydrogens is 244 g/mol. The summed E-state index contributed by atoms with van der Waals surface area (Å²) in [4.78, 5) is 12.1. The number of aryl methyl sites for hydroxylation is 1. The average molecular weight is 258 g/mol. The molecule has 0 bridgehead atoms. The van der Waals surface area contributed by atoms with Crippen molar-refractivity contribution in [1.82, 2.24) is 9.59 Å². The number of aromatic nitrogens is 2. The molecule has 1 aromatic carbocycles. The van der Waals surface area contributed by atoms with Crippen LogP contribution in [-0.4, -0.2) is 15.4 Å². The number of carbonyl (C=O) groups is 1. The second kappa shape index (κ2) is 4.98. The first-order valence-corrected chi connectivity index (χ1v) is 7.06. The van der Waals surface area contributed by atoms with E-state index in [9.17, 15) is 4.79 Å². The molecule has 2 aromatic rings. The fourth-order valence-corrected chi connectivity index (χ4v) is 3.14. The minimum atomic E-state index is 0.116. The van der Waals surface area contributed by atoms with E-state index in [0.29, 0.717) is 18.0 Å². The van der Waals surface area contributed by atoms with Crippen molar-refractivity contribution in [2.45, 2.75) is 31.6 Å². The Bertz CT molecular complexity index is 551. The predicted octanol–water partition coefficient (Wildman–Crippen LogP) is 3.23. The number of fused-ring (bicyclic) bond motifs is 1. The van der Waals surface area contributed by atoms with E-state index in [1.807, 2.05) is 0 Å². The summed E-state index contributed by atoms with van der Waals surface area (Å²) in [6.45, 7) is 0. The molecule has 0 saturated carbocycles. The van der Waals surface area contributed by atoms with Gasteiger partial charge in [0.1, 0.15) is 5.69 Å². The SMILES string of the molecule is O=C(CC1CCCc2ccccc21)c1csnn1. The van der Waals surface area contributed by atoms with Crippen molar-refractivity contribution in [2.75, 3.05) is 0 Å². The molecule has 92 valence electrons. The average Bonchev–Trinajstić information content (AvgIpc) is 2.93. The van der Waals surface area contributed by atoms with Gasteiger partial charge in [0.2, 0.25) is 0 Å². The maximum absolute atomic E-state index is 12.1. The van der Waals surface area contributed by atoms with Gasteiger partial charge in [-0.05, 0) is 47.8 Å². The molecule has 0 aliphatic heterocycles. The zero-order valence-corrected chi connectivity index (χ0v) is 10.8. The summed E-state index contributed by atoms with van der Waals surface area (Å²) < 4.78 is 3.75. The molecule has 1 unspecified atom stereocenters. The Morgan fingerprint density at radius 2 is 2.28 bits per heavy atom. The zero-order valence-electron chi connectivity index (χ0n) is 10.0. The van der Waals surface area contributed by atoms with Crippen molar-refractivity contribution in [3.05, 3.63) is 46.5 Å². The summed E-state index contributed by atoms with van der Waals surface area (Å²) in [5.74, 6) is 0.467. The summed E-state index contributed by atoms with van der Waals surface area (Å²) in [5.41, 5.74) is 3.27. The van der Waals surface area contributed by atoms with E-state index in [-0.39, 0.29) is 5.78 Å². The molecule has 0 radical (unpaired) electrons. The molecule has 18 heavy (non-hydrogen) atoms. The third-order valence-corrected chi connectivity index (χ3v) is 4.08. The van der Waals surface area contributed by atoms with Crippen LogP contribution in [0.2, 0.25) is 0 Å².